The molecule has 0 saturated heterocycles. The van der Waals surface area contributed by atoms with Gasteiger partial charge in [0, 0.05) is 0 Å². The van der Waals surface area contributed by atoms with Crippen LogP contribution in [0.25, 0.3) is 0 Å². The molecule has 0 aromatic rings. The molecule has 0 fully saturated rings. The summed E-state index contributed by atoms with van der Waals surface area (Å²) in [6.45, 7) is 5.19. The molecule has 0 heterocycles. The Kier molecular flexibility index (Phi) is 4.49. The summed E-state index contributed by atoms with van der Waals surface area (Å²) in [4.78, 5) is 11.0. The van der Waals surface area contributed by atoms with E-state index in [9.17, 15) is 4.79 Å². The second-order valence-electron chi connectivity index (χ2n) is 2.28. The zero-order chi connectivity index (χ0) is 8.85. The largest absolute Gasteiger partial charge is 0.336 e. The zero-order valence-corrected chi connectivity index (χ0v) is 6.92. The first kappa shape index (κ1) is 10.1. The van der Waals surface area contributed by atoms with Crippen LogP contribution < -0.4 is 16.4 Å². The van der Waals surface area contributed by atoms with Gasteiger partial charge in [0.15, 0.2) is 0 Å². The normalized spacial score (nSPS) is 15.2. The van der Waals surface area contributed by atoms with Gasteiger partial charge in [-0.3, -0.25) is 4.79 Å². The van der Waals surface area contributed by atoms with Crippen molar-refractivity contribution in [1.82, 2.24) is 10.6 Å². The van der Waals surface area contributed by atoms with E-state index in [1.807, 2.05) is 0 Å². The molecule has 0 bridgehead atoms. The van der Waals surface area contributed by atoms with Crippen molar-refractivity contribution >= 4 is 5.91 Å². The topological polar surface area (TPSA) is 67.1 Å². The Morgan fingerprint density at radius 3 is 2.64 bits per heavy atom. The maximum atomic E-state index is 11.0. The highest BCUT2D eigenvalue weighted by Crippen LogP contribution is 1.81. The Bertz CT molecular complexity index is 147. The Morgan fingerprint density at radius 2 is 2.27 bits per heavy atom. The SMILES string of the molecule is C=CC(N)NC(=O)[C@H](C)NC. The summed E-state index contributed by atoms with van der Waals surface area (Å²) in [6, 6.07) is -0.221. The predicted molar refractivity (Wildman–Crippen MR) is 44.8 cm³/mol. The van der Waals surface area contributed by atoms with Gasteiger partial charge >= 0.3 is 0 Å². The van der Waals surface area contributed by atoms with E-state index in [1.165, 1.54) is 6.08 Å². The number of carbonyl (C=O) groups excluding carboxylic acids is 1. The molecule has 4 N–H and O–H groups in total. The minimum Gasteiger partial charge on any atom is -0.336 e. The summed E-state index contributed by atoms with van der Waals surface area (Å²) in [7, 11) is 1.71. The Labute approximate surface area is 66.8 Å². The Hall–Kier alpha value is -0.870. The Balaban J connectivity index is 3.76. The molecule has 0 saturated carbocycles. The molecule has 0 spiro atoms. The first-order chi connectivity index (χ1) is 5.11. The van der Waals surface area contributed by atoms with E-state index in [2.05, 4.69) is 17.2 Å². The molecule has 4 heteroatoms. The van der Waals surface area contributed by atoms with Crippen LogP contribution >= 0.6 is 0 Å². The van der Waals surface area contributed by atoms with Crippen LogP contribution in [0.3, 0.4) is 0 Å². The third-order valence-corrected chi connectivity index (χ3v) is 1.39. The number of rotatable bonds is 4. The second kappa shape index (κ2) is 4.87. The highest BCUT2D eigenvalue weighted by atomic mass is 16.2. The monoisotopic (exact) mass is 157 g/mol. The molecule has 0 aliphatic rings. The fourth-order valence-corrected chi connectivity index (χ4v) is 0.479. The lowest BCUT2D eigenvalue weighted by molar-refractivity contribution is -0.123. The molecule has 2 atom stereocenters. The summed E-state index contributed by atoms with van der Waals surface area (Å²) in [5.74, 6) is -0.125. The lowest BCUT2D eigenvalue weighted by Crippen LogP contribution is -2.47. The van der Waals surface area contributed by atoms with Gasteiger partial charge in [-0.05, 0) is 14.0 Å². The molecular formula is C7H15N3O. The molecular weight excluding hydrogens is 142 g/mol. The van der Waals surface area contributed by atoms with Gasteiger partial charge in [0.05, 0.1) is 12.2 Å². The summed E-state index contributed by atoms with van der Waals surface area (Å²) >= 11 is 0. The van der Waals surface area contributed by atoms with Gasteiger partial charge in [-0.1, -0.05) is 12.7 Å². The van der Waals surface area contributed by atoms with E-state index >= 15 is 0 Å². The van der Waals surface area contributed by atoms with Gasteiger partial charge in [-0.15, -0.1) is 0 Å². The van der Waals surface area contributed by atoms with Crippen LogP contribution in [0.5, 0.6) is 0 Å². The van der Waals surface area contributed by atoms with Crippen molar-refractivity contribution in [2.24, 2.45) is 5.73 Å². The van der Waals surface area contributed by atoms with Crippen molar-refractivity contribution in [2.45, 2.75) is 19.1 Å². The van der Waals surface area contributed by atoms with Crippen molar-refractivity contribution in [3.8, 4) is 0 Å². The van der Waals surface area contributed by atoms with E-state index in [4.69, 9.17) is 5.73 Å². The first-order valence-corrected chi connectivity index (χ1v) is 3.47. The van der Waals surface area contributed by atoms with E-state index in [1.54, 1.807) is 14.0 Å². The standard InChI is InChI=1S/C7H15N3O/c1-4-6(8)10-7(11)5(2)9-3/h4-6,9H,1,8H2,2-3H3,(H,10,11)/t5-,6?/m0/s1. The molecule has 11 heavy (non-hydrogen) atoms. The number of hydrogen-bond donors (Lipinski definition) is 3. The van der Waals surface area contributed by atoms with Crippen LogP contribution in [0, 0.1) is 0 Å². The van der Waals surface area contributed by atoms with Crippen molar-refractivity contribution in [3.05, 3.63) is 12.7 Å². The minimum atomic E-state index is -0.460. The van der Waals surface area contributed by atoms with E-state index in [-0.39, 0.29) is 11.9 Å². The molecule has 1 unspecified atom stereocenters. The van der Waals surface area contributed by atoms with Crippen molar-refractivity contribution in [3.63, 3.8) is 0 Å². The molecule has 0 aliphatic heterocycles. The second-order valence-corrected chi connectivity index (χ2v) is 2.28. The summed E-state index contributed by atoms with van der Waals surface area (Å²) in [5.41, 5.74) is 5.39. The number of likely N-dealkylation sites (N-methyl/N-ethyl adjacent to an activating group) is 1. The van der Waals surface area contributed by atoms with E-state index in [0.29, 0.717) is 0 Å². The van der Waals surface area contributed by atoms with E-state index in [0.717, 1.165) is 0 Å². The van der Waals surface area contributed by atoms with Gasteiger partial charge in [0.1, 0.15) is 0 Å². The molecule has 0 rings (SSSR count). The Morgan fingerprint density at radius 1 is 1.73 bits per heavy atom. The van der Waals surface area contributed by atoms with Crippen molar-refractivity contribution in [2.75, 3.05) is 7.05 Å². The van der Waals surface area contributed by atoms with Crippen LogP contribution in [0.2, 0.25) is 0 Å². The molecule has 4 nitrogen and oxygen atoms in total. The summed E-state index contributed by atoms with van der Waals surface area (Å²) in [6.07, 6.45) is 1.01. The number of hydrogen-bond acceptors (Lipinski definition) is 3. The molecule has 0 aromatic carbocycles. The molecule has 0 radical (unpaired) electrons. The molecule has 0 aromatic heterocycles. The van der Waals surface area contributed by atoms with E-state index < -0.39 is 6.17 Å². The highest BCUT2D eigenvalue weighted by molar-refractivity contribution is 5.81. The number of carbonyl (C=O) groups is 1. The minimum absolute atomic E-state index is 0.125. The highest BCUT2D eigenvalue weighted by Gasteiger charge is 2.10. The lowest BCUT2D eigenvalue weighted by Gasteiger charge is -2.13. The van der Waals surface area contributed by atoms with Crippen LogP contribution in [0.15, 0.2) is 12.7 Å². The molecule has 1 amide bonds. The summed E-state index contributed by atoms with van der Waals surface area (Å²) in [5, 5.41) is 5.33. The number of amides is 1. The predicted octanol–water partition coefficient (Wildman–Crippen LogP) is -0.819. The van der Waals surface area contributed by atoms with Crippen LogP contribution in [-0.2, 0) is 4.79 Å². The van der Waals surface area contributed by atoms with Crippen molar-refractivity contribution < 1.29 is 4.79 Å². The van der Waals surface area contributed by atoms with Crippen molar-refractivity contribution in [1.29, 1.82) is 0 Å². The summed E-state index contributed by atoms with van der Waals surface area (Å²) < 4.78 is 0. The third-order valence-electron chi connectivity index (χ3n) is 1.39. The quantitative estimate of drug-likeness (QED) is 0.369. The van der Waals surface area contributed by atoms with Gasteiger partial charge in [0.25, 0.3) is 0 Å². The van der Waals surface area contributed by atoms with Gasteiger partial charge in [0.2, 0.25) is 5.91 Å². The lowest BCUT2D eigenvalue weighted by atomic mass is 10.3. The van der Waals surface area contributed by atoms with Crippen LogP contribution in [0.1, 0.15) is 6.92 Å². The van der Waals surface area contributed by atoms with Crippen LogP contribution in [0.4, 0.5) is 0 Å². The number of nitrogens with one attached hydrogen (secondary N) is 2. The molecule has 64 valence electrons. The van der Waals surface area contributed by atoms with Crippen LogP contribution in [-0.4, -0.2) is 25.2 Å². The maximum absolute atomic E-state index is 11.0. The average Bonchev–Trinajstić information content (AvgIpc) is 2.02. The number of nitrogens with two attached hydrogens (primary N) is 1. The fourth-order valence-electron chi connectivity index (χ4n) is 0.479. The molecule has 0 aliphatic carbocycles. The fraction of sp³-hybridized carbons (Fsp3) is 0.571. The zero-order valence-electron chi connectivity index (χ0n) is 6.92. The van der Waals surface area contributed by atoms with Gasteiger partial charge in [-0.2, -0.15) is 0 Å². The van der Waals surface area contributed by atoms with Gasteiger partial charge in [-0.25, -0.2) is 0 Å². The average molecular weight is 157 g/mol. The maximum Gasteiger partial charge on any atom is 0.238 e. The van der Waals surface area contributed by atoms with Gasteiger partial charge < -0.3 is 16.4 Å². The smallest absolute Gasteiger partial charge is 0.238 e. The first-order valence-electron chi connectivity index (χ1n) is 3.47. The third kappa shape index (κ3) is 3.75.